The molecule has 1 aliphatic heterocycles. The van der Waals surface area contributed by atoms with Crippen molar-refractivity contribution in [2.75, 3.05) is 6.61 Å². The van der Waals surface area contributed by atoms with Gasteiger partial charge < -0.3 is 8.92 Å². The van der Waals surface area contributed by atoms with Crippen LogP contribution in [0.1, 0.15) is 10.4 Å². The first-order chi connectivity index (χ1) is 9.95. The molecule has 1 heterocycles. The Morgan fingerprint density at radius 3 is 2.71 bits per heavy atom. The lowest BCUT2D eigenvalue weighted by atomic mass is 10.1. The van der Waals surface area contributed by atoms with E-state index in [9.17, 15) is 13.2 Å². The van der Waals surface area contributed by atoms with Gasteiger partial charge in [0.2, 0.25) is 5.78 Å². The molecule has 7 heteroatoms. The second-order valence-corrected chi connectivity index (χ2v) is 6.35. The molecule has 0 saturated carbocycles. The van der Waals surface area contributed by atoms with Gasteiger partial charge in [-0.15, -0.1) is 0 Å². The number of rotatable bonds is 3. The minimum Gasteiger partial charge on any atom is -0.485 e. The summed E-state index contributed by atoms with van der Waals surface area (Å²) in [6.45, 7) is -0.0418. The molecular weight excluding hydrogens is 316 g/mol. The van der Waals surface area contributed by atoms with Crippen molar-refractivity contribution < 1.29 is 22.1 Å². The number of carbonyl (C=O) groups is 1. The van der Waals surface area contributed by atoms with Crippen LogP contribution in [-0.4, -0.2) is 20.8 Å². The Balaban J connectivity index is 1.91. The van der Waals surface area contributed by atoms with Crippen LogP contribution in [0.15, 0.2) is 47.4 Å². The SMILES string of the molecule is O=C1COc2cc(OS(=O)(=O)c3cccc(Cl)c3)ccc21. The highest BCUT2D eigenvalue weighted by Crippen LogP contribution is 2.31. The molecule has 0 atom stereocenters. The van der Waals surface area contributed by atoms with Crippen molar-refractivity contribution in [3.8, 4) is 11.5 Å². The fourth-order valence-electron chi connectivity index (χ4n) is 1.92. The smallest absolute Gasteiger partial charge is 0.339 e. The second-order valence-electron chi connectivity index (χ2n) is 4.36. The van der Waals surface area contributed by atoms with Crippen molar-refractivity contribution in [1.29, 1.82) is 0 Å². The molecule has 108 valence electrons. The quantitative estimate of drug-likeness (QED) is 0.812. The number of fused-ring (bicyclic) bond motifs is 1. The molecule has 3 rings (SSSR count). The largest absolute Gasteiger partial charge is 0.485 e. The maximum atomic E-state index is 12.1. The Morgan fingerprint density at radius 2 is 1.95 bits per heavy atom. The fourth-order valence-corrected chi connectivity index (χ4v) is 3.15. The highest BCUT2D eigenvalue weighted by atomic mass is 35.5. The Kier molecular flexibility index (Phi) is 3.35. The Hall–Kier alpha value is -2.05. The topological polar surface area (TPSA) is 69.7 Å². The number of Topliss-reactive ketones (excluding diaryl/α,β-unsaturated/α-hetero) is 1. The molecule has 0 spiro atoms. The minimum absolute atomic E-state index is 0.0418. The average Bonchev–Trinajstić information content (AvgIpc) is 2.79. The summed E-state index contributed by atoms with van der Waals surface area (Å²) in [5, 5.41) is 0.294. The fraction of sp³-hybridized carbons (Fsp3) is 0.0714. The van der Waals surface area contributed by atoms with E-state index in [0.717, 1.165) is 0 Å². The number of ketones is 1. The molecule has 0 radical (unpaired) electrons. The molecule has 0 fully saturated rings. The Morgan fingerprint density at radius 1 is 1.14 bits per heavy atom. The van der Waals surface area contributed by atoms with Crippen LogP contribution in [0.25, 0.3) is 0 Å². The lowest BCUT2D eigenvalue weighted by Crippen LogP contribution is -2.09. The van der Waals surface area contributed by atoms with Crippen LogP contribution in [0.2, 0.25) is 5.02 Å². The van der Waals surface area contributed by atoms with Gasteiger partial charge in [-0.1, -0.05) is 17.7 Å². The zero-order valence-electron chi connectivity index (χ0n) is 10.6. The number of benzene rings is 2. The van der Waals surface area contributed by atoms with E-state index in [1.54, 1.807) is 6.07 Å². The molecule has 0 bridgehead atoms. The molecule has 1 aliphatic rings. The molecule has 21 heavy (non-hydrogen) atoms. The monoisotopic (exact) mass is 324 g/mol. The number of hydrogen-bond acceptors (Lipinski definition) is 5. The lowest BCUT2D eigenvalue weighted by molar-refractivity contribution is 0.0961. The van der Waals surface area contributed by atoms with Gasteiger partial charge in [-0.2, -0.15) is 8.42 Å². The normalized spacial score (nSPS) is 13.7. The van der Waals surface area contributed by atoms with Crippen LogP contribution >= 0.6 is 11.6 Å². The number of carbonyl (C=O) groups excluding carboxylic acids is 1. The molecule has 0 unspecified atom stereocenters. The van der Waals surface area contributed by atoms with Crippen LogP contribution in [0.3, 0.4) is 0 Å². The molecule has 5 nitrogen and oxygen atoms in total. The summed E-state index contributed by atoms with van der Waals surface area (Å²) in [4.78, 5) is 11.4. The van der Waals surface area contributed by atoms with E-state index in [1.807, 2.05) is 0 Å². The van der Waals surface area contributed by atoms with E-state index in [0.29, 0.717) is 16.3 Å². The van der Waals surface area contributed by atoms with E-state index in [1.165, 1.54) is 36.4 Å². The summed E-state index contributed by atoms with van der Waals surface area (Å²) in [6.07, 6.45) is 0. The summed E-state index contributed by atoms with van der Waals surface area (Å²) in [5.41, 5.74) is 0.419. The van der Waals surface area contributed by atoms with Crippen molar-refractivity contribution in [3.63, 3.8) is 0 Å². The van der Waals surface area contributed by atoms with Crippen LogP contribution in [-0.2, 0) is 10.1 Å². The molecule has 0 saturated heterocycles. The highest BCUT2D eigenvalue weighted by Gasteiger charge is 2.23. The van der Waals surface area contributed by atoms with Crippen LogP contribution in [0, 0.1) is 0 Å². The van der Waals surface area contributed by atoms with Crippen LogP contribution in [0.4, 0.5) is 0 Å². The molecule has 2 aromatic carbocycles. The van der Waals surface area contributed by atoms with Gasteiger partial charge in [0.15, 0.2) is 6.61 Å². The van der Waals surface area contributed by atoms with E-state index in [4.69, 9.17) is 20.5 Å². The third-order valence-corrected chi connectivity index (χ3v) is 4.38. The first-order valence-corrected chi connectivity index (χ1v) is 7.74. The number of hydrogen-bond donors (Lipinski definition) is 0. The average molecular weight is 325 g/mol. The molecular formula is C14H9ClO5S. The van der Waals surface area contributed by atoms with E-state index >= 15 is 0 Å². The summed E-state index contributed by atoms with van der Waals surface area (Å²) in [7, 11) is -3.99. The van der Waals surface area contributed by atoms with Crippen molar-refractivity contribution in [3.05, 3.63) is 53.1 Å². The van der Waals surface area contributed by atoms with Crippen molar-refractivity contribution in [2.24, 2.45) is 0 Å². The lowest BCUT2D eigenvalue weighted by Gasteiger charge is -2.08. The standard InChI is InChI=1S/C14H9ClO5S/c15-9-2-1-3-11(6-9)21(17,18)20-10-4-5-12-13(16)8-19-14(12)7-10/h1-7H,8H2. The summed E-state index contributed by atoms with van der Waals surface area (Å²) in [5.74, 6) is 0.247. The molecule has 2 aromatic rings. The third-order valence-electron chi connectivity index (χ3n) is 2.90. The molecule has 0 amide bonds. The van der Waals surface area contributed by atoms with E-state index in [2.05, 4.69) is 0 Å². The number of ether oxygens (including phenoxy) is 1. The highest BCUT2D eigenvalue weighted by molar-refractivity contribution is 7.87. The molecule has 0 aliphatic carbocycles. The van der Waals surface area contributed by atoms with Gasteiger partial charge in [0.05, 0.1) is 5.56 Å². The maximum absolute atomic E-state index is 12.1. The van der Waals surface area contributed by atoms with E-state index in [-0.39, 0.29) is 23.0 Å². The van der Waals surface area contributed by atoms with Gasteiger partial charge in [-0.3, -0.25) is 4.79 Å². The van der Waals surface area contributed by atoms with Gasteiger partial charge in [-0.05, 0) is 30.3 Å². The zero-order chi connectivity index (χ0) is 15.0. The van der Waals surface area contributed by atoms with Crippen LogP contribution < -0.4 is 8.92 Å². The maximum Gasteiger partial charge on any atom is 0.339 e. The van der Waals surface area contributed by atoms with Gasteiger partial charge in [0, 0.05) is 11.1 Å². The van der Waals surface area contributed by atoms with Crippen molar-refractivity contribution in [1.82, 2.24) is 0 Å². The summed E-state index contributed by atoms with van der Waals surface area (Å²) >= 11 is 5.77. The van der Waals surface area contributed by atoms with Crippen molar-refractivity contribution >= 4 is 27.5 Å². The summed E-state index contributed by atoms with van der Waals surface area (Å²) < 4.78 is 34.4. The van der Waals surface area contributed by atoms with Gasteiger partial charge in [0.1, 0.15) is 16.4 Å². The zero-order valence-corrected chi connectivity index (χ0v) is 12.1. The Bertz CT molecular complexity index is 829. The molecule has 0 aromatic heterocycles. The van der Waals surface area contributed by atoms with Crippen LogP contribution in [0.5, 0.6) is 11.5 Å². The van der Waals surface area contributed by atoms with E-state index < -0.39 is 10.1 Å². The minimum atomic E-state index is -3.99. The van der Waals surface area contributed by atoms with Gasteiger partial charge >= 0.3 is 10.1 Å². The third kappa shape index (κ3) is 2.72. The molecule has 0 N–H and O–H groups in total. The summed E-state index contributed by atoms with van der Waals surface area (Å²) in [6, 6.07) is 10.0. The van der Waals surface area contributed by atoms with Crippen molar-refractivity contribution in [2.45, 2.75) is 4.90 Å². The predicted molar refractivity (Wildman–Crippen MR) is 75.5 cm³/mol. The predicted octanol–water partition coefficient (Wildman–Crippen LogP) is 2.68. The van der Waals surface area contributed by atoms with Gasteiger partial charge in [0.25, 0.3) is 0 Å². The Labute approximate surface area is 126 Å². The van der Waals surface area contributed by atoms with Gasteiger partial charge in [-0.25, -0.2) is 0 Å². The number of halogens is 1. The first kappa shape index (κ1) is 13.9. The second kappa shape index (κ2) is 5.05. The first-order valence-electron chi connectivity index (χ1n) is 5.96.